The van der Waals surface area contributed by atoms with Crippen LogP contribution < -0.4 is 14.8 Å². The van der Waals surface area contributed by atoms with Crippen LogP contribution in [0.3, 0.4) is 0 Å². The molecule has 1 aliphatic carbocycles. The van der Waals surface area contributed by atoms with E-state index in [0.717, 1.165) is 0 Å². The third-order valence-corrected chi connectivity index (χ3v) is 6.02. The summed E-state index contributed by atoms with van der Waals surface area (Å²) in [4.78, 5) is 25.6. The first-order valence-corrected chi connectivity index (χ1v) is 11.5. The molecule has 0 saturated heterocycles. The SMILES string of the molecule is CCOC(=O)[C@H](c1ccc(OC)c(OC)c1)[C@H]1C=C[C@H](NC(=O)c2cc(C(F)(F)F)cc(C(F)(F)F)c2)C1. The van der Waals surface area contributed by atoms with Gasteiger partial charge < -0.3 is 19.5 Å². The molecule has 0 bridgehead atoms. The number of nitrogens with one attached hydrogen (secondary N) is 1. The van der Waals surface area contributed by atoms with Gasteiger partial charge >= 0.3 is 18.3 Å². The van der Waals surface area contributed by atoms with Crippen molar-refractivity contribution in [3.05, 3.63) is 70.8 Å². The molecule has 3 atom stereocenters. The lowest BCUT2D eigenvalue weighted by molar-refractivity contribution is -0.146. The average molecular weight is 545 g/mol. The highest BCUT2D eigenvalue weighted by atomic mass is 19.4. The summed E-state index contributed by atoms with van der Waals surface area (Å²) in [6.45, 7) is 1.75. The van der Waals surface area contributed by atoms with Crippen LogP contribution >= 0.6 is 0 Å². The van der Waals surface area contributed by atoms with Gasteiger partial charge in [0.25, 0.3) is 5.91 Å². The van der Waals surface area contributed by atoms with Gasteiger partial charge in [-0.25, -0.2) is 0 Å². The van der Waals surface area contributed by atoms with Crippen LogP contribution in [0.4, 0.5) is 26.3 Å². The van der Waals surface area contributed by atoms with Crippen LogP contribution in [0.25, 0.3) is 0 Å². The lowest BCUT2D eigenvalue weighted by atomic mass is 9.85. The molecule has 0 aliphatic heterocycles. The highest BCUT2D eigenvalue weighted by Crippen LogP contribution is 2.39. The van der Waals surface area contributed by atoms with Crippen molar-refractivity contribution in [2.75, 3.05) is 20.8 Å². The molecule has 0 saturated carbocycles. The first-order valence-electron chi connectivity index (χ1n) is 11.5. The minimum Gasteiger partial charge on any atom is -0.493 e. The number of methoxy groups -OCH3 is 2. The van der Waals surface area contributed by atoms with Gasteiger partial charge in [-0.15, -0.1) is 0 Å². The lowest BCUT2D eigenvalue weighted by Gasteiger charge is -2.23. The van der Waals surface area contributed by atoms with Gasteiger partial charge in [0.1, 0.15) is 0 Å². The largest absolute Gasteiger partial charge is 0.493 e. The highest BCUT2D eigenvalue weighted by molar-refractivity contribution is 5.95. The molecular formula is C26H25F6NO5. The van der Waals surface area contributed by atoms with Crippen molar-refractivity contribution in [2.45, 2.75) is 37.7 Å². The van der Waals surface area contributed by atoms with Crippen molar-refractivity contribution < 1.29 is 50.1 Å². The van der Waals surface area contributed by atoms with Crippen molar-refractivity contribution in [1.82, 2.24) is 5.32 Å². The summed E-state index contributed by atoms with van der Waals surface area (Å²) in [5.41, 5.74) is -3.43. The molecule has 2 aromatic carbocycles. The number of rotatable bonds is 8. The first kappa shape index (κ1) is 28.9. The van der Waals surface area contributed by atoms with E-state index in [1.54, 1.807) is 31.2 Å². The molecule has 0 aromatic heterocycles. The molecule has 0 fully saturated rings. The second-order valence-electron chi connectivity index (χ2n) is 8.50. The molecule has 12 heteroatoms. The maximum atomic E-state index is 13.2. The van der Waals surface area contributed by atoms with Crippen molar-refractivity contribution in [3.63, 3.8) is 0 Å². The Morgan fingerprint density at radius 3 is 2.05 bits per heavy atom. The van der Waals surface area contributed by atoms with Gasteiger partial charge in [-0.05, 0) is 55.2 Å². The molecule has 0 radical (unpaired) electrons. The molecule has 38 heavy (non-hydrogen) atoms. The number of hydrogen-bond acceptors (Lipinski definition) is 5. The zero-order valence-electron chi connectivity index (χ0n) is 20.6. The Labute approximate surface area is 214 Å². The summed E-state index contributed by atoms with van der Waals surface area (Å²) in [5.74, 6) is -2.17. The van der Waals surface area contributed by atoms with Gasteiger partial charge in [-0.3, -0.25) is 9.59 Å². The smallest absolute Gasteiger partial charge is 0.416 e. The van der Waals surface area contributed by atoms with E-state index in [9.17, 15) is 35.9 Å². The molecule has 0 heterocycles. The van der Waals surface area contributed by atoms with Crippen LogP contribution in [0.2, 0.25) is 0 Å². The predicted octanol–water partition coefficient (Wildman–Crippen LogP) is 5.76. The normalized spacial score (nSPS) is 18.1. The fraction of sp³-hybridized carbons (Fsp3) is 0.385. The quantitative estimate of drug-likeness (QED) is 0.259. The van der Waals surface area contributed by atoms with Gasteiger partial charge in [0.05, 0.1) is 37.9 Å². The lowest BCUT2D eigenvalue weighted by Crippen LogP contribution is -2.34. The maximum Gasteiger partial charge on any atom is 0.416 e. The second-order valence-corrected chi connectivity index (χ2v) is 8.50. The summed E-state index contributed by atoms with van der Waals surface area (Å²) >= 11 is 0. The molecule has 1 amide bonds. The molecule has 0 unspecified atom stereocenters. The standard InChI is InChI=1S/C26H25F6NO5/c1-4-38-24(35)22(15-6-8-20(36-2)21(12-15)37-3)14-5-7-19(11-14)33-23(34)16-9-17(25(27,28)29)13-18(10-16)26(30,31)32/h5-10,12-14,19,22H,4,11H2,1-3H3,(H,33,34)/t14-,19-,22-/m0/s1. The summed E-state index contributed by atoms with van der Waals surface area (Å²) < 4.78 is 94.8. The Hall–Kier alpha value is -3.70. The van der Waals surface area contributed by atoms with Crippen LogP contribution in [0.5, 0.6) is 11.5 Å². The number of ether oxygens (including phenoxy) is 3. The number of carbonyl (C=O) groups excluding carboxylic acids is 2. The molecule has 3 rings (SSSR count). The summed E-state index contributed by atoms with van der Waals surface area (Å²) in [7, 11) is 2.88. The molecule has 206 valence electrons. The van der Waals surface area contributed by atoms with E-state index in [4.69, 9.17) is 14.2 Å². The zero-order chi connectivity index (χ0) is 28.3. The number of benzene rings is 2. The third-order valence-electron chi connectivity index (χ3n) is 6.02. The number of hydrogen-bond donors (Lipinski definition) is 1. The van der Waals surface area contributed by atoms with Gasteiger partial charge in [0.15, 0.2) is 11.5 Å². The van der Waals surface area contributed by atoms with E-state index >= 15 is 0 Å². The number of esters is 1. The van der Waals surface area contributed by atoms with Gasteiger partial charge in [-0.1, -0.05) is 18.2 Å². The van der Waals surface area contributed by atoms with E-state index in [2.05, 4.69) is 5.32 Å². The van der Waals surface area contributed by atoms with Gasteiger partial charge in [0, 0.05) is 11.6 Å². The number of carbonyl (C=O) groups is 2. The Morgan fingerprint density at radius 2 is 1.53 bits per heavy atom. The highest BCUT2D eigenvalue weighted by Gasteiger charge is 2.38. The van der Waals surface area contributed by atoms with Gasteiger partial charge in [0.2, 0.25) is 0 Å². The molecule has 1 N–H and O–H groups in total. The molecular weight excluding hydrogens is 520 g/mol. The van der Waals surface area contributed by atoms with E-state index in [-0.39, 0.29) is 19.1 Å². The molecule has 0 spiro atoms. The van der Waals surface area contributed by atoms with Crippen molar-refractivity contribution in [3.8, 4) is 11.5 Å². The zero-order valence-corrected chi connectivity index (χ0v) is 20.6. The second kappa shape index (κ2) is 11.4. The number of amides is 1. The topological polar surface area (TPSA) is 73.9 Å². The van der Waals surface area contributed by atoms with E-state index in [1.165, 1.54) is 20.3 Å². The minimum atomic E-state index is -5.08. The van der Waals surface area contributed by atoms with Crippen LogP contribution in [0.15, 0.2) is 48.6 Å². The summed E-state index contributed by atoms with van der Waals surface area (Å²) in [5, 5.41) is 2.44. The van der Waals surface area contributed by atoms with E-state index < -0.39 is 58.8 Å². The Morgan fingerprint density at radius 1 is 0.921 bits per heavy atom. The molecule has 1 aliphatic rings. The van der Waals surface area contributed by atoms with Crippen LogP contribution in [-0.4, -0.2) is 38.7 Å². The van der Waals surface area contributed by atoms with Crippen LogP contribution in [0.1, 0.15) is 46.3 Å². The van der Waals surface area contributed by atoms with Gasteiger partial charge in [-0.2, -0.15) is 26.3 Å². The maximum absolute atomic E-state index is 13.2. The number of alkyl halides is 6. The predicted molar refractivity (Wildman–Crippen MR) is 124 cm³/mol. The summed E-state index contributed by atoms with van der Waals surface area (Å²) in [6, 6.07) is 4.82. The first-order chi connectivity index (χ1) is 17.8. The van der Waals surface area contributed by atoms with Crippen molar-refractivity contribution in [2.24, 2.45) is 5.92 Å². The number of halogens is 6. The van der Waals surface area contributed by atoms with Crippen LogP contribution in [-0.2, 0) is 21.9 Å². The Kier molecular flexibility index (Phi) is 8.63. The van der Waals surface area contributed by atoms with Crippen molar-refractivity contribution in [1.29, 1.82) is 0 Å². The molecule has 2 aromatic rings. The molecule has 6 nitrogen and oxygen atoms in total. The fourth-order valence-electron chi connectivity index (χ4n) is 4.26. The minimum absolute atomic E-state index is 0.0463. The monoisotopic (exact) mass is 545 g/mol. The van der Waals surface area contributed by atoms with Crippen LogP contribution in [0, 0.1) is 5.92 Å². The Balaban J connectivity index is 1.84. The van der Waals surface area contributed by atoms with Crippen molar-refractivity contribution >= 4 is 11.9 Å². The van der Waals surface area contributed by atoms with E-state index in [1.807, 2.05) is 0 Å². The third kappa shape index (κ3) is 6.59. The fourth-order valence-corrected chi connectivity index (χ4v) is 4.26. The average Bonchev–Trinajstić information content (AvgIpc) is 3.30. The summed E-state index contributed by atoms with van der Waals surface area (Å²) in [6.07, 6.45) is -6.83. The van der Waals surface area contributed by atoms with E-state index in [0.29, 0.717) is 29.2 Å². The number of allylic oxidation sites excluding steroid dienone is 1. The Bertz CT molecular complexity index is 1180.